The molecule has 1 aliphatic heterocycles. The van der Waals surface area contributed by atoms with Crippen molar-refractivity contribution in [2.75, 3.05) is 25.8 Å². The molecule has 1 heterocycles. The average molecular weight is 384 g/mol. The van der Waals surface area contributed by atoms with Gasteiger partial charge in [0.15, 0.2) is 11.5 Å². The number of methoxy groups -OCH3 is 1. The standard InChI is InChI=1S/C21H24N2O5/c1-14-4-6-18(26-3)17(10-14)22-21(25)8-9-23(15(2)24)12-16-5-7-19-20(11-16)28-13-27-19/h4-7,10-11H,8-9,12-13H2,1-3H3,(H,22,25). The molecule has 0 atom stereocenters. The summed E-state index contributed by atoms with van der Waals surface area (Å²) < 4.78 is 16.0. The summed E-state index contributed by atoms with van der Waals surface area (Å²) in [5.41, 5.74) is 2.56. The molecule has 0 bridgehead atoms. The number of nitrogens with one attached hydrogen (secondary N) is 1. The van der Waals surface area contributed by atoms with Crippen LogP contribution in [0.1, 0.15) is 24.5 Å². The van der Waals surface area contributed by atoms with Crippen LogP contribution in [0.4, 0.5) is 5.69 Å². The molecule has 2 aromatic carbocycles. The van der Waals surface area contributed by atoms with Crippen molar-refractivity contribution in [3.63, 3.8) is 0 Å². The van der Waals surface area contributed by atoms with E-state index in [-0.39, 0.29) is 25.0 Å². The molecule has 0 radical (unpaired) electrons. The summed E-state index contributed by atoms with van der Waals surface area (Å²) in [6.45, 7) is 4.35. The summed E-state index contributed by atoms with van der Waals surface area (Å²) >= 11 is 0. The Labute approximate surface area is 164 Å². The first-order valence-corrected chi connectivity index (χ1v) is 9.05. The van der Waals surface area contributed by atoms with Crippen molar-refractivity contribution < 1.29 is 23.8 Å². The van der Waals surface area contributed by atoms with Crippen LogP contribution in [0.2, 0.25) is 0 Å². The fourth-order valence-corrected chi connectivity index (χ4v) is 2.98. The zero-order valence-corrected chi connectivity index (χ0v) is 16.3. The van der Waals surface area contributed by atoms with Crippen molar-refractivity contribution in [3.05, 3.63) is 47.5 Å². The zero-order chi connectivity index (χ0) is 20.1. The minimum absolute atomic E-state index is 0.0985. The van der Waals surface area contributed by atoms with E-state index < -0.39 is 0 Å². The molecule has 0 aliphatic carbocycles. The number of amides is 2. The Morgan fingerprint density at radius 2 is 1.93 bits per heavy atom. The van der Waals surface area contributed by atoms with Gasteiger partial charge in [-0.2, -0.15) is 0 Å². The van der Waals surface area contributed by atoms with Crippen LogP contribution < -0.4 is 19.5 Å². The van der Waals surface area contributed by atoms with Gasteiger partial charge in [-0.15, -0.1) is 0 Å². The Hall–Kier alpha value is -3.22. The Kier molecular flexibility index (Phi) is 6.03. The second-order valence-corrected chi connectivity index (χ2v) is 6.63. The zero-order valence-electron chi connectivity index (χ0n) is 16.3. The number of benzene rings is 2. The van der Waals surface area contributed by atoms with E-state index in [2.05, 4.69) is 5.32 Å². The second kappa shape index (κ2) is 8.65. The van der Waals surface area contributed by atoms with Gasteiger partial charge in [-0.25, -0.2) is 0 Å². The van der Waals surface area contributed by atoms with E-state index >= 15 is 0 Å². The number of nitrogens with zero attached hydrogens (tertiary/aromatic N) is 1. The summed E-state index contributed by atoms with van der Waals surface area (Å²) in [6, 6.07) is 11.2. The molecule has 2 aromatic rings. The largest absolute Gasteiger partial charge is 0.495 e. The monoisotopic (exact) mass is 384 g/mol. The van der Waals surface area contributed by atoms with Gasteiger partial charge in [0, 0.05) is 26.4 Å². The lowest BCUT2D eigenvalue weighted by Gasteiger charge is -2.21. The van der Waals surface area contributed by atoms with Gasteiger partial charge in [0.1, 0.15) is 5.75 Å². The maximum atomic E-state index is 12.4. The van der Waals surface area contributed by atoms with Gasteiger partial charge in [0.2, 0.25) is 18.6 Å². The van der Waals surface area contributed by atoms with E-state index in [0.29, 0.717) is 36.0 Å². The van der Waals surface area contributed by atoms with Gasteiger partial charge in [-0.1, -0.05) is 12.1 Å². The third-order valence-electron chi connectivity index (χ3n) is 4.49. The summed E-state index contributed by atoms with van der Waals surface area (Å²) in [7, 11) is 1.56. The minimum atomic E-state index is -0.180. The number of carbonyl (C=O) groups is 2. The summed E-state index contributed by atoms with van der Waals surface area (Å²) in [6.07, 6.45) is 0.182. The van der Waals surface area contributed by atoms with Crippen molar-refractivity contribution in [1.29, 1.82) is 0 Å². The Morgan fingerprint density at radius 3 is 2.68 bits per heavy atom. The molecule has 3 rings (SSSR count). The molecule has 7 nitrogen and oxygen atoms in total. The van der Waals surface area contributed by atoms with Gasteiger partial charge in [-0.3, -0.25) is 9.59 Å². The molecule has 7 heteroatoms. The van der Waals surface area contributed by atoms with Gasteiger partial charge in [0.25, 0.3) is 0 Å². The number of rotatable bonds is 7. The van der Waals surface area contributed by atoms with Crippen LogP contribution in [0.25, 0.3) is 0 Å². The van der Waals surface area contributed by atoms with Crippen LogP contribution in [0, 0.1) is 6.92 Å². The Bertz CT molecular complexity index is 881. The normalized spacial score (nSPS) is 11.8. The first-order valence-electron chi connectivity index (χ1n) is 9.05. The molecule has 0 fully saturated rings. The van der Waals surface area contributed by atoms with Gasteiger partial charge < -0.3 is 24.4 Å². The van der Waals surface area contributed by atoms with Gasteiger partial charge in [-0.05, 0) is 42.3 Å². The van der Waals surface area contributed by atoms with Crippen molar-refractivity contribution in [2.24, 2.45) is 0 Å². The molecule has 1 aliphatic rings. The van der Waals surface area contributed by atoms with E-state index in [0.717, 1.165) is 11.1 Å². The maximum absolute atomic E-state index is 12.4. The predicted molar refractivity (Wildman–Crippen MR) is 105 cm³/mol. The highest BCUT2D eigenvalue weighted by atomic mass is 16.7. The predicted octanol–water partition coefficient (Wildman–Crippen LogP) is 3.11. The van der Waals surface area contributed by atoms with Crippen LogP contribution in [-0.4, -0.2) is 37.2 Å². The average Bonchev–Trinajstić information content (AvgIpc) is 3.13. The first kappa shape index (κ1) is 19.5. The van der Waals surface area contributed by atoms with E-state index in [4.69, 9.17) is 14.2 Å². The van der Waals surface area contributed by atoms with E-state index in [1.807, 2.05) is 43.3 Å². The summed E-state index contributed by atoms with van der Waals surface area (Å²) in [4.78, 5) is 26.0. The van der Waals surface area contributed by atoms with Crippen LogP contribution in [0.3, 0.4) is 0 Å². The smallest absolute Gasteiger partial charge is 0.231 e. The number of carbonyl (C=O) groups excluding carboxylic acids is 2. The number of hydrogen-bond acceptors (Lipinski definition) is 5. The van der Waals surface area contributed by atoms with Crippen LogP contribution in [0.15, 0.2) is 36.4 Å². The summed E-state index contributed by atoms with van der Waals surface area (Å²) in [5, 5.41) is 2.86. The number of fused-ring (bicyclic) bond motifs is 1. The number of ether oxygens (including phenoxy) is 3. The van der Waals surface area contributed by atoms with Crippen LogP contribution >= 0.6 is 0 Å². The molecule has 0 unspecified atom stereocenters. The van der Waals surface area contributed by atoms with E-state index in [1.54, 1.807) is 12.0 Å². The molecule has 0 saturated carbocycles. The third kappa shape index (κ3) is 4.73. The highest BCUT2D eigenvalue weighted by Gasteiger charge is 2.17. The Morgan fingerprint density at radius 1 is 1.14 bits per heavy atom. The molecule has 0 spiro atoms. The maximum Gasteiger partial charge on any atom is 0.231 e. The topological polar surface area (TPSA) is 77.1 Å². The van der Waals surface area contributed by atoms with Crippen molar-refractivity contribution >= 4 is 17.5 Å². The van der Waals surface area contributed by atoms with E-state index in [1.165, 1.54) is 6.92 Å². The first-order chi connectivity index (χ1) is 13.5. The van der Waals surface area contributed by atoms with Crippen LogP contribution in [-0.2, 0) is 16.1 Å². The molecular formula is C21H24N2O5. The Balaban J connectivity index is 1.60. The highest BCUT2D eigenvalue weighted by Crippen LogP contribution is 2.32. The fourth-order valence-electron chi connectivity index (χ4n) is 2.98. The molecule has 0 aromatic heterocycles. The van der Waals surface area contributed by atoms with Gasteiger partial charge >= 0.3 is 0 Å². The van der Waals surface area contributed by atoms with Crippen molar-refractivity contribution in [2.45, 2.75) is 26.8 Å². The molecule has 148 valence electrons. The number of aryl methyl sites for hydroxylation is 1. The quantitative estimate of drug-likeness (QED) is 0.794. The lowest BCUT2D eigenvalue weighted by Crippen LogP contribution is -2.31. The molecule has 0 saturated heterocycles. The van der Waals surface area contributed by atoms with Crippen molar-refractivity contribution in [1.82, 2.24) is 4.90 Å². The SMILES string of the molecule is COc1ccc(C)cc1NC(=O)CCN(Cc1ccc2c(c1)OCO2)C(C)=O. The van der Waals surface area contributed by atoms with Crippen molar-refractivity contribution in [3.8, 4) is 17.2 Å². The number of anilines is 1. The van der Waals surface area contributed by atoms with Crippen LogP contribution in [0.5, 0.6) is 17.2 Å². The molecule has 1 N–H and O–H groups in total. The number of hydrogen-bond donors (Lipinski definition) is 1. The summed E-state index contributed by atoms with van der Waals surface area (Å²) in [5.74, 6) is 1.69. The minimum Gasteiger partial charge on any atom is -0.495 e. The fraction of sp³-hybridized carbons (Fsp3) is 0.333. The third-order valence-corrected chi connectivity index (χ3v) is 4.49. The highest BCUT2D eigenvalue weighted by molar-refractivity contribution is 5.92. The second-order valence-electron chi connectivity index (χ2n) is 6.63. The lowest BCUT2D eigenvalue weighted by molar-refractivity contribution is -0.129. The van der Waals surface area contributed by atoms with E-state index in [9.17, 15) is 9.59 Å². The molecule has 2 amide bonds. The lowest BCUT2D eigenvalue weighted by atomic mass is 10.1. The van der Waals surface area contributed by atoms with Gasteiger partial charge in [0.05, 0.1) is 12.8 Å². The molecular weight excluding hydrogens is 360 g/mol. The molecule has 28 heavy (non-hydrogen) atoms.